The van der Waals surface area contributed by atoms with Crippen LogP contribution in [0.4, 0.5) is 0 Å². The molecule has 1 atom stereocenters. The van der Waals surface area contributed by atoms with Gasteiger partial charge in [0, 0.05) is 29.1 Å². The van der Waals surface area contributed by atoms with Crippen molar-refractivity contribution in [3.8, 4) is 17.2 Å². The van der Waals surface area contributed by atoms with Crippen LogP contribution in [0.25, 0.3) is 0 Å². The lowest BCUT2D eigenvalue weighted by Gasteiger charge is -2.30. The Balaban J connectivity index is 1.44. The number of ether oxygens (including phenoxy) is 3. The number of aliphatic hydroxyl groups is 1. The number of piperidine rings is 1. The third-order valence-corrected chi connectivity index (χ3v) is 6.70. The van der Waals surface area contributed by atoms with E-state index in [9.17, 15) is 5.11 Å². The fraction of sp³-hybridized carbons (Fsp3) is 0.538. The Morgan fingerprint density at radius 3 is 2.62 bits per heavy atom. The molecule has 1 aliphatic heterocycles. The van der Waals surface area contributed by atoms with E-state index in [4.69, 9.17) is 25.8 Å². The molecule has 8 heteroatoms. The van der Waals surface area contributed by atoms with Crippen molar-refractivity contribution in [2.24, 2.45) is 5.92 Å². The van der Waals surface area contributed by atoms with Crippen molar-refractivity contribution in [2.45, 2.75) is 32.4 Å². The number of hydrogen-bond donors (Lipinski definition) is 1. The standard InChI is InChI=1S/C26H36BrClN2O4/c1-19-6-8-30(9-7-19)10-11-33-25-5-4-20(12-26(25)32-3)16-29(2)17-23(31)18-34-24-14-21(27)13-22(28)15-24/h4-5,12-15,19,23,31H,6-11,16-18H2,1-3H3. The number of rotatable bonds is 12. The molecule has 0 spiro atoms. The van der Waals surface area contributed by atoms with Crippen molar-refractivity contribution in [1.29, 1.82) is 0 Å². The third-order valence-electron chi connectivity index (χ3n) is 6.02. The summed E-state index contributed by atoms with van der Waals surface area (Å²) < 4.78 is 18.1. The van der Waals surface area contributed by atoms with Gasteiger partial charge in [0.25, 0.3) is 0 Å². The average molecular weight is 556 g/mol. The molecule has 3 rings (SSSR count). The molecule has 6 nitrogen and oxygen atoms in total. The number of nitrogens with zero attached hydrogens (tertiary/aromatic N) is 2. The Kier molecular flexibility index (Phi) is 10.8. The van der Waals surface area contributed by atoms with Gasteiger partial charge in [-0.15, -0.1) is 0 Å². The van der Waals surface area contributed by atoms with Crippen molar-refractivity contribution in [1.82, 2.24) is 9.80 Å². The summed E-state index contributed by atoms with van der Waals surface area (Å²) in [5.41, 5.74) is 1.09. The number of benzene rings is 2. The summed E-state index contributed by atoms with van der Waals surface area (Å²) >= 11 is 9.43. The van der Waals surface area contributed by atoms with Gasteiger partial charge in [0.15, 0.2) is 11.5 Å². The van der Waals surface area contributed by atoms with Crippen molar-refractivity contribution in [3.05, 3.63) is 51.5 Å². The van der Waals surface area contributed by atoms with Crippen molar-refractivity contribution in [3.63, 3.8) is 0 Å². The second-order valence-corrected chi connectivity index (χ2v) is 10.5. The van der Waals surface area contributed by atoms with Gasteiger partial charge in [-0.25, -0.2) is 0 Å². The number of hydrogen-bond acceptors (Lipinski definition) is 6. The van der Waals surface area contributed by atoms with Crippen LogP contribution in [0.3, 0.4) is 0 Å². The maximum absolute atomic E-state index is 10.4. The van der Waals surface area contributed by atoms with Gasteiger partial charge >= 0.3 is 0 Å². The van der Waals surface area contributed by atoms with Crippen LogP contribution in [0.2, 0.25) is 5.02 Å². The molecule has 0 saturated carbocycles. The first-order chi connectivity index (χ1) is 16.3. The first kappa shape index (κ1) is 27.1. The molecule has 0 aliphatic carbocycles. The second-order valence-electron chi connectivity index (χ2n) is 9.12. The maximum Gasteiger partial charge on any atom is 0.161 e. The van der Waals surface area contributed by atoms with E-state index in [2.05, 4.69) is 32.7 Å². The van der Waals surface area contributed by atoms with Crippen LogP contribution in [0.5, 0.6) is 17.2 Å². The van der Waals surface area contributed by atoms with E-state index >= 15 is 0 Å². The summed E-state index contributed by atoms with van der Waals surface area (Å²) in [6.45, 7) is 7.54. The highest BCUT2D eigenvalue weighted by Crippen LogP contribution is 2.29. The zero-order valence-electron chi connectivity index (χ0n) is 20.3. The maximum atomic E-state index is 10.4. The van der Waals surface area contributed by atoms with Crippen LogP contribution in [0, 0.1) is 5.92 Å². The summed E-state index contributed by atoms with van der Waals surface area (Å²) in [6.07, 6.45) is 1.90. The lowest BCUT2D eigenvalue weighted by atomic mass is 9.99. The Morgan fingerprint density at radius 1 is 1.15 bits per heavy atom. The number of halogens is 2. The second kappa shape index (κ2) is 13.5. The molecule has 0 radical (unpaired) electrons. The monoisotopic (exact) mass is 554 g/mol. The minimum atomic E-state index is -0.634. The zero-order chi connectivity index (χ0) is 24.5. The molecule has 1 N–H and O–H groups in total. The van der Waals surface area contributed by atoms with Crippen molar-refractivity contribution >= 4 is 27.5 Å². The van der Waals surface area contributed by atoms with Crippen LogP contribution in [-0.4, -0.2) is 74.6 Å². The van der Waals surface area contributed by atoms with E-state index in [1.807, 2.05) is 31.3 Å². The smallest absolute Gasteiger partial charge is 0.161 e. The fourth-order valence-corrected chi connectivity index (χ4v) is 4.92. The van der Waals surface area contributed by atoms with Crippen molar-refractivity contribution in [2.75, 3.05) is 53.6 Å². The summed E-state index contributed by atoms with van der Waals surface area (Å²) in [5.74, 6) is 2.95. The molecule has 34 heavy (non-hydrogen) atoms. The van der Waals surface area contributed by atoms with Crippen molar-refractivity contribution < 1.29 is 19.3 Å². The first-order valence-corrected chi connectivity index (χ1v) is 13.0. The van der Waals surface area contributed by atoms with E-state index in [1.54, 1.807) is 19.2 Å². The summed E-state index contributed by atoms with van der Waals surface area (Å²) in [4.78, 5) is 4.52. The largest absolute Gasteiger partial charge is 0.493 e. The van der Waals surface area contributed by atoms with Gasteiger partial charge in [0.1, 0.15) is 25.1 Å². The molecule has 0 amide bonds. The molecule has 0 bridgehead atoms. The van der Waals surface area contributed by atoms with Crippen LogP contribution in [0.1, 0.15) is 25.3 Å². The van der Waals surface area contributed by atoms with Crippen LogP contribution < -0.4 is 14.2 Å². The molecular weight excluding hydrogens is 520 g/mol. The van der Waals surface area contributed by atoms with E-state index in [1.165, 1.54) is 12.8 Å². The molecule has 1 fully saturated rings. The quantitative estimate of drug-likeness (QED) is 0.394. The molecular formula is C26H36BrClN2O4. The normalized spacial score (nSPS) is 16.0. The lowest BCUT2D eigenvalue weighted by molar-refractivity contribution is 0.0743. The van der Waals surface area contributed by atoms with Gasteiger partial charge < -0.3 is 19.3 Å². The van der Waals surface area contributed by atoms with Gasteiger partial charge in [0.05, 0.1) is 7.11 Å². The van der Waals surface area contributed by atoms with Gasteiger partial charge in [-0.05, 0) is 74.8 Å². The highest BCUT2D eigenvalue weighted by atomic mass is 79.9. The minimum absolute atomic E-state index is 0.184. The molecule has 2 aromatic carbocycles. The van der Waals surface area contributed by atoms with E-state index in [0.717, 1.165) is 47.1 Å². The highest BCUT2D eigenvalue weighted by molar-refractivity contribution is 9.10. The number of aliphatic hydroxyl groups excluding tert-OH is 1. The Labute approximate surface area is 216 Å². The van der Waals surface area contributed by atoms with Gasteiger partial charge in [-0.2, -0.15) is 0 Å². The minimum Gasteiger partial charge on any atom is -0.493 e. The van der Waals surface area contributed by atoms with E-state index < -0.39 is 6.10 Å². The molecule has 0 aromatic heterocycles. The van der Waals surface area contributed by atoms with Gasteiger partial charge in [-0.3, -0.25) is 9.80 Å². The fourth-order valence-electron chi connectivity index (χ4n) is 4.09. The first-order valence-electron chi connectivity index (χ1n) is 11.8. The molecule has 1 aliphatic rings. The van der Waals surface area contributed by atoms with Gasteiger partial charge in [-0.1, -0.05) is 40.5 Å². The number of likely N-dealkylation sites (tertiary alicyclic amines) is 1. The zero-order valence-corrected chi connectivity index (χ0v) is 22.6. The Morgan fingerprint density at radius 2 is 1.91 bits per heavy atom. The van der Waals surface area contributed by atoms with Gasteiger partial charge in [0.2, 0.25) is 0 Å². The highest BCUT2D eigenvalue weighted by Gasteiger charge is 2.16. The molecule has 2 aromatic rings. The third kappa shape index (κ3) is 8.93. The average Bonchev–Trinajstić information content (AvgIpc) is 2.79. The van der Waals surface area contributed by atoms with E-state index in [-0.39, 0.29) is 6.61 Å². The lowest BCUT2D eigenvalue weighted by Crippen LogP contribution is -2.35. The summed E-state index contributed by atoms with van der Waals surface area (Å²) in [5, 5.41) is 11.0. The Hall–Kier alpha value is -1.51. The Bertz CT molecular complexity index is 888. The predicted molar refractivity (Wildman–Crippen MR) is 140 cm³/mol. The topological polar surface area (TPSA) is 54.4 Å². The molecule has 1 saturated heterocycles. The number of methoxy groups -OCH3 is 1. The van der Waals surface area contributed by atoms with E-state index in [0.29, 0.717) is 30.5 Å². The van der Waals surface area contributed by atoms with Crippen LogP contribution >= 0.6 is 27.5 Å². The summed E-state index contributed by atoms with van der Waals surface area (Å²) in [6, 6.07) is 11.4. The van der Waals surface area contributed by atoms with Crippen LogP contribution in [0.15, 0.2) is 40.9 Å². The number of likely N-dealkylation sites (N-methyl/N-ethyl adjacent to an activating group) is 1. The van der Waals surface area contributed by atoms with Crippen LogP contribution in [-0.2, 0) is 6.54 Å². The predicted octanol–water partition coefficient (Wildman–Crippen LogP) is 5.09. The molecule has 1 unspecified atom stereocenters. The SMILES string of the molecule is COc1cc(CN(C)CC(O)COc2cc(Cl)cc(Br)c2)ccc1OCCN1CCC(C)CC1. The molecule has 1 heterocycles. The summed E-state index contributed by atoms with van der Waals surface area (Å²) in [7, 11) is 3.63. The molecule has 188 valence electrons.